The van der Waals surface area contributed by atoms with Crippen molar-refractivity contribution in [2.45, 2.75) is 27.2 Å². The summed E-state index contributed by atoms with van der Waals surface area (Å²) in [5.41, 5.74) is 6.26. The fraction of sp³-hybridized carbons (Fsp3) is 0.500. The lowest BCUT2D eigenvalue weighted by Gasteiger charge is -2.24. The Labute approximate surface area is 108 Å². The van der Waals surface area contributed by atoms with Gasteiger partial charge in [0.1, 0.15) is 5.82 Å². The monoisotopic (exact) mass is 252 g/mol. The molecule has 0 saturated carbocycles. The van der Waals surface area contributed by atoms with Gasteiger partial charge in [-0.3, -0.25) is 4.79 Å². The second-order valence-corrected chi connectivity index (χ2v) is 4.59. The van der Waals surface area contributed by atoms with Crippen LogP contribution in [0.3, 0.4) is 0 Å². The fourth-order valence-electron chi connectivity index (χ4n) is 1.76. The molecule has 0 saturated heterocycles. The standard InChI is InChI=1S/C14H21FN2O/c1-4-10(3)9-17(5-2)14(18)12-7-6-11(15)8-13(12)16/h6-8,10H,4-5,9,16H2,1-3H3. The zero-order valence-electron chi connectivity index (χ0n) is 11.2. The van der Waals surface area contributed by atoms with Crippen LogP contribution in [-0.2, 0) is 0 Å². The predicted molar refractivity (Wildman–Crippen MR) is 71.8 cm³/mol. The van der Waals surface area contributed by atoms with Gasteiger partial charge >= 0.3 is 0 Å². The first-order valence-electron chi connectivity index (χ1n) is 6.33. The second-order valence-electron chi connectivity index (χ2n) is 4.59. The zero-order chi connectivity index (χ0) is 13.7. The maximum atomic E-state index is 13.0. The summed E-state index contributed by atoms with van der Waals surface area (Å²) in [7, 11) is 0. The molecular formula is C14H21FN2O. The first kappa shape index (κ1) is 14.5. The average molecular weight is 252 g/mol. The Bertz CT molecular complexity index is 420. The first-order valence-corrected chi connectivity index (χ1v) is 6.33. The van der Waals surface area contributed by atoms with Crippen molar-refractivity contribution in [3.63, 3.8) is 0 Å². The van der Waals surface area contributed by atoms with E-state index in [-0.39, 0.29) is 11.6 Å². The summed E-state index contributed by atoms with van der Waals surface area (Å²) < 4.78 is 13.0. The van der Waals surface area contributed by atoms with E-state index in [0.29, 0.717) is 24.6 Å². The molecule has 1 rings (SSSR count). The maximum Gasteiger partial charge on any atom is 0.255 e. The number of nitrogen functional groups attached to an aromatic ring is 1. The lowest BCUT2D eigenvalue weighted by atomic mass is 10.1. The Hall–Kier alpha value is -1.58. The molecule has 4 heteroatoms. The Kier molecular flexibility index (Phi) is 5.13. The summed E-state index contributed by atoms with van der Waals surface area (Å²) >= 11 is 0. The number of carbonyl (C=O) groups excluding carboxylic acids is 1. The molecule has 1 aromatic carbocycles. The molecule has 0 radical (unpaired) electrons. The summed E-state index contributed by atoms with van der Waals surface area (Å²) in [6.07, 6.45) is 1.02. The van der Waals surface area contributed by atoms with Gasteiger partial charge in [-0.25, -0.2) is 4.39 Å². The van der Waals surface area contributed by atoms with Crippen LogP contribution in [0.1, 0.15) is 37.6 Å². The molecule has 0 bridgehead atoms. The van der Waals surface area contributed by atoms with Gasteiger partial charge in [-0.1, -0.05) is 20.3 Å². The lowest BCUT2D eigenvalue weighted by molar-refractivity contribution is 0.0742. The third kappa shape index (κ3) is 3.45. The Morgan fingerprint density at radius 3 is 2.61 bits per heavy atom. The van der Waals surface area contributed by atoms with Crippen LogP contribution in [0.2, 0.25) is 0 Å². The van der Waals surface area contributed by atoms with E-state index in [2.05, 4.69) is 13.8 Å². The van der Waals surface area contributed by atoms with Crippen molar-refractivity contribution in [3.8, 4) is 0 Å². The van der Waals surface area contributed by atoms with Crippen molar-refractivity contribution >= 4 is 11.6 Å². The molecule has 100 valence electrons. The third-order valence-corrected chi connectivity index (χ3v) is 3.14. The fourth-order valence-corrected chi connectivity index (χ4v) is 1.76. The van der Waals surface area contributed by atoms with Gasteiger partial charge in [-0.05, 0) is 31.0 Å². The van der Waals surface area contributed by atoms with Gasteiger partial charge in [0.25, 0.3) is 5.91 Å². The molecule has 0 heterocycles. The minimum atomic E-state index is -0.422. The number of rotatable bonds is 5. The molecule has 2 N–H and O–H groups in total. The normalized spacial score (nSPS) is 12.2. The highest BCUT2D eigenvalue weighted by Gasteiger charge is 2.18. The van der Waals surface area contributed by atoms with Gasteiger partial charge in [0.2, 0.25) is 0 Å². The van der Waals surface area contributed by atoms with Crippen molar-refractivity contribution in [1.82, 2.24) is 4.90 Å². The van der Waals surface area contributed by atoms with Crippen LogP contribution in [-0.4, -0.2) is 23.9 Å². The lowest BCUT2D eigenvalue weighted by Crippen LogP contribution is -2.34. The predicted octanol–water partition coefficient (Wildman–Crippen LogP) is 2.92. The van der Waals surface area contributed by atoms with E-state index in [1.807, 2.05) is 6.92 Å². The van der Waals surface area contributed by atoms with Crippen LogP contribution < -0.4 is 5.73 Å². The van der Waals surface area contributed by atoms with Crippen LogP contribution in [0, 0.1) is 11.7 Å². The van der Waals surface area contributed by atoms with Crippen LogP contribution in [0.15, 0.2) is 18.2 Å². The van der Waals surface area contributed by atoms with Gasteiger partial charge in [-0.15, -0.1) is 0 Å². The molecule has 1 unspecified atom stereocenters. The first-order chi connectivity index (χ1) is 8.49. The average Bonchev–Trinajstić information content (AvgIpc) is 2.34. The highest BCUT2D eigenvalue weighted by Crippen LogP contribution is 2.17. The summed E-state index contributed by atoms with van der Waals surface area (Å²) in [5.74, 6) is -0.111. The molecule has 0 fully saturated rings. The quantitative estimate of drug-likeness (QED) is 0.819. The van der Waals surface area contributed by atoms with E-state index in [9.17, 15) is 9.18 Å². The maximum absolute atomic E-state index is 13.0. The zero-order valence-corrected chi connectivity index (χ0v) is 11.2. The summed E-state index contributed by atoms with van der Waals surface area (Å²) in [6, 6.07) is 3.90. The number of halogens is 1. The Morgan fingerprint density at radius 2 is 2.11 bits per heavy atom. The molecule has 0 aliphatic heterocycles. The number of hydrogen-bond donors (Lipinski definition) is 1. The van der Waals surface area contributed by atoms with Gasteiger partial charge in [0, 0.05) is 18.8 Å². The summed E-state index contributed by atoms with van der Waals surface area (Å²) in [4.78, 5) is 14.0. The largest absolute Gasteiger partial charge is 0.398 e. The highest BCUT2D eigenvalue weighted by atomic mass is 19.1. The SMILES string of the molecule is CCC(C)CN(CC)C(=O)c1ccc(F)cc1N. The minimum Gasteiger partial charge on any atom is -0.398 e. The Morgan fingerprint density at radius 1 is 1.44 bits per heavy atom. The second kappa shape index (κ2) is 6.38. The van der Waals surface area contributed by atoms with E-state index in [1.54, 1.807) is 4.90 Å². The smallest absolute Gasteiger partial charge is 0.255 e. The molecule has 0 aliphatic carbocycles. The number of nitrogens with two attached hydrogens (primary N) is 1. The van der Waals surface area contributed by atoms with E-state index >= 15 is 0 Å². The molecular weight excluding hydrogens is 231 g/mol. The third-order valence-electron chi connectivity index (χ3n) is 3.14. The van der Waals surface area contributed by atoms with Crippen molar-refractivity contribution < 1.29 is 9.18 Å². The molecule has 0 spiro atoms. The van der Waals surface area contributed by atoms with E-state index in [1.165, 1.54) is 18.2 Å². The molecule has 3 nitrogen and oxygen atoms in total. The summed E-state index contributed by atoms with van der Waals surface area (Å²) in [5, 5.41) is 0. The van der Waals surface area contributed by atoms with E-state index in [0.717, 1.165) is 6.42 Å². The molecule has 1 aromatic rings. The van der Waals surface area contributed by atoms with Crippen molar-refractivity contribution in [1.29, 1.82) is 0 Å². The van der Waals surface area contributed by atoms with E-state index in [4.69, 9.17) is 5.73 Å². The molecule has 18 heavy (non-hydrogen) atoms. The van der Waals surface area contributed by atoms with Crippen molar-refractivity contribution in [2.24, 2.45) is 5.92 Å². The van der Waals surface area contributed by atoms with Crippen LogP contribution in [0.5, 0.6) is 0 Å². The minimum absolute atomic E-state index is 0.129. The number of amides is 1. The topological polar surface area (TPSA) is 46.3 Å². The highest BCUT2D eigenvalue weighted by molar-refractivity contribution is 5.99. The van der Waals surface area contributed by atoms with Gasteiger partial charge in [-0.2, -0.15) is 0 Å². The van der Waals surface area contributed by atoms with E-state index < -0.39 is 5.82 Å². The van der Waals surface area contributed by atoms with Gasteiger partial charge < -0.3 is 10.6 Å². The van der Waals surface area contributed by atoms with Crippen molar-refractivity contribution in [2.75, 3.05) is 18.8 Å². The molecule has 0 aliphatic rings. The number of hydrogen-bond acceptors (Lipinski definition) is 2. The molecule has 1 amide bonds. The van der Waals surface area contributed by atoms with Crippen LogP contribution >= 0.6 is 0 Å². The van der Waals surface area contributed by atoms with Crippen molar-refractivity contribution in [3.05, 3.63) is 29.6 Å². The number of anilines is 1. The number of nitrogens with zero attached hydrogens (tertiary/aromatic N) is 1. The summed E-state index contributed by atoms with van der Waals surface area (Å²) in [6.45, 7) is 7.45. The Balaban J connectivity index is 2.89. The van der Waals surface area contributed by atoms with Crippen LogP contribution in [0.4, 0.5) is 10.1 Å². The number of carbonyl (C=O) groups is 1. The molecule has 0 aromatic heterocycles. The number of benzene rings is 1. The molecule has 1 atom stereocenters. The van der Waals surface area contributed by atoms with Gasteiger partial charge in [0.15, 0.2) is 0 Å². The van der Waals surface area contributed by atoms with Crippen LogP contribution in [0.25, 0.3) is 0 Å². The van der Waals surface area contributed by atoms with Gasteiger partial charge in [0.05, 0.1) is 5.56 Å².